The van der Waals surface area contributed by atoms with E-state index in [4.69, 9.17) is 16.3 Å². The first kappa shape index (κ1) is 23.2. The SMILES string of the molecule is C[C@@H](OC(=O)Cc1c(-c2ccc(C(=O)Cc3cccnc3)cn2)nnn1C)c1cccnc1Cl. The maximum atomic E-state index is 12.6. The average molecular weight is 477 g/mol. The first-order chi connectivity index (χ1) is 16.4. The molecule has 0 spiro atoms. The molecule has 0 fully saturated rings. The summed E-state index contributed by atoms with van der Waals surface area (Å²) in [5.41, 5.74) is 3.40. The Kier molecular flexibility index (Phi) is 7.03. The molecular formula is C24H21ClN6O3. The molecule has 4 rings (SSSR count). The maximum Gasteiger partial charge on any atom is 0.312 e. The number of pyridine rings is 3. The van der Waals surface area contributed by atoms with Crippen molar-refractivity contribution in [3.63, 3.8) is 0 Å². The van der Waals surface area contributed by atoms with Crippen LogP contribution in [0.4, 0.5) is 0 Å². The van der Waals surface area contributed by atoms with Gasteiger partial charge in [0.25, 0.3) is 0 Å². The summed E-state index contributed by atoms with van der Waals surface area (Å²) in [6, 6.07) is 10.5. The molecule has 9 nitrogen and oxygen atoms in total. The number of carbonyl (C=O) groups excluding carboxylic acids is 2. The van der Waals surface area contributed by atoms with Gasteiger partial charge in [0, 0.05) is 49.4 Å². The van der Waals surface area contributed by atoms with Gasteiger partial charge in [-0.1, -0.05) is 28.9 Å². The number of rotatable bonds is 8. The number of hydrogen-bond acceptors (Lipinski definition) is 8. The third-order valence-corrected chi connectivity index (χ3v) is 5.52. The Hall–Kier alpha value is -3.98. The summed E-state index contributed by atoms with van der Waals surface area (Å²) in [4.78, 5) is 37.6. The molecule has 0 unspecified atom stereocenters. The van der Waals surface area contributed by atoms with E-state index in [0.717, 1.165) is 5.56 Å². The van der Waals surface area contributed by atoms with Crippen molar-refractivity contribution in [1.29, 1.82) is 0 Å². The first-order valence-electron chi connectivity index (χ1n) is 10.5. The Balaban J connectivity index is 1.46. The lowest BCUT2D eigenvalue weighted by Gasteiger charge is -2.14. The fourth-order valence-electron chi connectivity index (χ4n) is 3.40. The molecular weight excluding hydrogens is 456 g/mol. The van der Waals surface area contributed by atoms with Crippen molar-refractivity contribution in [3.05, 3.63) is 88.7 Å². The van der Waals surface area contributed by atoms with E-state index in [1.165, 1.54) is 10.9 Å². The van der Waals surface area contributed by atoms with Gasteiger partial charge < -0.3 is 4.74 Å². The highest BCUT2D eigenvalue weighted by molar-refractivity contribution is 6.30. The van der Waals surface area contributed by atoms with Crippen LogP contribution in [-0.4, -0.2) is 41.7 Å². The second-order valence-corrected chi connectivity index (χ2v) is 7.95. The number of aromatic nitrogens is 6. The fraction of sp³-hybridized carbons (Fsp3) is 0.208. The second kappa shape index (κ2) is 10.3. The molecule has 0 aromatic carbocycles. The van der Waals surface area contributed by atoms with Crippen molar-refractivity contribution >= 4 is 23.4 Å². The van der Waals surface area contributed by atoms with E-state index in [1.54, 1.807) is 62.9 Å². The number of nitrogens with zero attached hydrogens (tertiary/aromatic N) is 6. The standard InChI is InChI=1S/C24H21ClN6O3/c1-15(18-6-4-10-27-24(18)25)34-22(33)12-20-23(29-30-31(20)2)19-8-7-17(14-28-19)21(32)11-16-5-3-9-26-13-16/h3-10,13-15H,11-12H2,1-2H3/t15-/m1/s1. The van der Waals surface area contributed by atoms with E-state index in [0.29, 0.717) is 28.2 Å². The number of ether oxygens (including phenoxy) is 1. The molecule has 0 saturated carbocycles. The van der Waals surface area contributed by atoms with Gasteiger partial charge in [0.2, 0.25) is 0 Å². The minimum absolute atomic E-state index is 0.0651. The zero-order valence-electron chi connectivity index (χ0n) is 18.6. The molecule has 0 aliphatic heterocycles. The molecule has 34 heavy (non-hydrogen) atoms. The van der Waals surface area contributed by atoms with E-state index in [9.17, 15) is 9.59 Å². The van der Waals surface area contributed by atoms with Gasteiger partial charge in [-0.05, 0) is 36.8 Å². The molecule has 4 aromatic rings. The lowest BCUT2D eigenvalue weighted by atomic mass is 10.1. The molecule has 0 radical (unpaired) electrons. The summed E-state index contributed by atoms with van der Waals surface area (Å²) in [6.07, 6.45) is 5.99. The van der Waals surface area contributed by atoms with E-state index in [2.05, 4.69) is 25.3 Å². The van der Waals surface area contributed by atoms with Crippen LogP contribution >= 0.6 is 11.6 Å². The number of hydrogen-bond donors (Lipinski definition) is 0. The van der Waals surface area contributed by atoms with E-state index in [-0.39, 0.29) is 23.8 Å². The predicted octanol–water partition coefficient (Wildman–Crippen LogP) is 3.59. The van der Waals surface area contributed by atoms with Crippen LogP contribution in [0.3, 0.4) is 0 Å². The lowest BCUT2D eigenvalue weighted by molar-refractivity contribution is -0.147. The molecule has 0 bridgehead atoms. The third-order valence-electron chi connectivity index (χ3n) is 5.20. The minimum atomic E-state index is -0.568. The van der Waals surface area contributed by atoms with Gasteiger partial charge in [-0.3, -0.25) is 24.2 Å². The van der Waals surface area contributed by atoms with Gasteiger partial charge in [-0.15, -0.1) is 5.10 Å². The van der Waals surface area contributed by atoms with Crippen LogP contribution in [0, 0.1) is 0 Å². The number of Topliss-reactive ketones (excluding diaryl/α,β-unsaturated/α-hetero) is 1. The number of halogens is 1. The molecule has 4 heterocycles. The molecule has 4 aromatic heterocycles. The van der Waals surface area contributed by atoms with Crippen LogP contribution in [0.15, 0.2) is 61.2 Å². The van der Waals surface area contributed by atoms with Gasteiger partial charge in [0.15, 0.2) is 5.78 Å². The molecule has 0 amide bonds. The van der Waals surface area contributed by atoms with Gasteiger partial charge in [0.1, 0.15) is 17.0 Å². The largest absolute Gasteiger partial charge is 0.457 e. The Morgan fingerprint density at radius 1 is 1.06 bits per heavy atom. The van der Waals surface area contributed by atoms with Crippen molar-refractivity contribution in [2.24, 2.45) is 7.05 Å². The van der Waals surface area contributed by atoms with Gasteiger partial charge in [0.05, 0.1) is 17.8 Å². The number of esters is 1. The topological polar surface area (TPSA) is 113 Å². The van der Waals surface area contributed by atoms with Crippen molar-refractivity contribution in [2.75, 3.05) is 0 Å². The van der Waals surface area contributed by atoms with Crippen LogP contribution < -0.4 is 0 Å². The Bertz CT molecular complexity index is 1310. The average Bonchev–Trinajstić information content (AvgIpc) is 3.19. The molecule has 172 valence electrons. The summed E-state index contributed by atoms with van der Waals surface area (Å²) < 4.78 is 7.04. The first-order valence-corrected chi connectivity index (χ1v) is 10.9. The summed E-state index contributed by atoms with van der Waals surface area (Å²) >= 11 is 6.09. The quantitative estimate of drug-likeness (QED) is 0.215. The summed E-state index contributed by atoms with van der Waals surface area (Å²) in [7, 11) is 1.69. The Morgan fingerprint density at radius 3 is 2.59 bits per heavy atom. The predicted molar refractivity (Wildman–Crippen MR) is 124 cm³/mol. The van der Waals surface area contributed by atoms with E-state index in [1.807, 2.05) is 6.07 Å². The fourth-order valence-corrected chi connectivity index (χ4v) is 3.68. The van der Waals surface area contributed by atoms with Gasteiger partial charge >= 0.3 is 5.97 Å². The highest BCUT2D eigenvalue weighted by Gasteiger charge is 2.21. The monoisotopic (exact) mass is 476 g/mol. The van der Waals surface area contributed by atoms with E-state index < -0.39 is 12.1 Å². The highest BCUT2D eigenvalue weighted by atomic mass is 35.5. The third kappa shape index (κ3) is 5.32. The zero-order valence-corrected chi connectivity index (χ0v) is 19.3. The summed E-state index contributed by atoms with van der Waals surface area (Å²) in [6.45, 7) is 1.73. The summed E-state index contributed by atoms with van der Waals surface area (Å²) in [5.74, 6) is -0.541. The zero-order chi connectivity index (χ0) is 24.1. The molecule has 0 aliphatic carbocycles. The van der Waals surface area contributed by atoms with Crippen LogP contribution in [-0.2, 0) is 29.4 Å². The molecule has 0 N–H and O–H groups in total. The van der Waals surface area contributed by atoms with Crippen molar-refractivity contribution < 1.29 is 14.3 Å². The lowest BCUT2D eigenvalue weighted by Crippen LogP contribution is -2.14. The molecule has 1 atom stereocenters. The smallest absolute Gasteiger partial charge is 0.312 e. The van der Waals surface area contributed by atoms with Gasteiger partial charge in [-0.25, -0.2) is 4.98 Å². The number of carbonyl (C=O) groups is 2. The van der Waals surface area contributed by atoms with Gasteiger partial charge in [-0.2, -0.15) is 0 Å². The van der Waals surface area contributed by atoms with Crippen LogP contribution in [0.25, 0.3) is 11.4 Å². The molecule has 10 heteroatoms. The van der Waals surface area contributed by atoms with Crippen LogP contribution in [0.5, 0.6) is 0 Å². The summed E-state index contributed by atoms with van der Waals surface area (Å²) in [5, 5.41) is 8.46. The number of aryl methyl sites for hydroxylation is 1. The maximum absolute atomic E-state index is 12.6. The highest BCUT2D eigenvalue weighted by Crippen LogP contribution is 2.25. The molecule has 0 saturated heterocycles. The molecule has 0 aliphatic rings. The normalized spacial score (nSPS) is 11.7. The Labute approximate surface area is 200 Å². The van der Waals surface area contributed by atoms with Crippen LogP contribution in [0.1, 0.15) is 40.2 Å². The van der Waals surface area contributed by atoms with Crippen molar-refractivity contribution in [2.45, 2.75) is 25.9 Å². The van der Waals surface area contributed by atoms with Crippen molar-refractivity contribution in [1.82, 2.24) is 29.9 Å². The Morgan fingerprint density at radius 2 is 1.88 bits per heavy atom. The minimum Gasteiger partial charge on any atom is -0.457 e. The second-order valence-electron chi connectivity index (χ2n) is 7.59. The van der Waals surface area contributed by atoms with Crippen molar-refractivity contribution in [3.8, 4) is 11.4 Å². The van der Waals surface area contributed by atoms with E-state index >= 15 is 0 Å². The van der Waals surface area contributed by atoms with Crippen LogP contribution in [0.2, 0.25) is 5.15 Å². The number of ketones is 1.